The number of esters is 1. The summed E-state index contributed by atoms with van der Waals surface area (Å²) in [6.07, 6.45) is 1.46. The number of nitriles is 1. The second-order valence-corrected chi connectivity index (χ2v) is 3.00. The summed E-state index contributed by atoms with van der Waals surface area (Å²) in [6.45, 7) is 0. The van der Waals surface area contributed by atoms with Gasteiger partial charge >= 0.3 is 5.97 Å². The normalized spacial score (nSPS) is 9.44. The summed E-state index contributed by atoms with van der Waals surface area (Å²) in [7, 11) is 0. The Hall–Kier alpha value is -2.61. The minimum Gasteiger partial charge on any atom is -0.422 e. The molecule has 1 aromatic heterocycles. The summed E-state index contributed by atoms with van der Waals surface area (Å²) in [5.41, 5.74) is 0.706. The smallest absolute Gasteiger partial charge is 0.361 e. The molecule has 0 aliphatic heterocycles. The third kappa shape index (κ3) is 2.07. The van der Waals surface area contributed by atoms with Gasteiger partial charge in [0, 0.05) is 6.20 Å². The summed E-state index contributed by atoms with van der Waals surface area (Å²) < 4.78 is 5.04. The average Bonchev–Trinajstić information content (AvgIpc) is 2.83. The minimum absolute atomic E-state index is 0.266. The van der Waals surface area contributed by atoms with E-state index in [2.05, 4.69) is 10.2 Å². The van der Waals surface area contributed by atoms with E-state index in [1.807, 2.05) is 6.07 Å². The molecule has 0 fully saturated rings. The molecule has 78 valence electrons. The first-order chi connectivity index (χ1) is 7.79. The van der Waals surface area contributed by atoms with E-state index in [9.17, 15) is 4.79 Å². The lowest BCUT2D eigenvalue weighted by molar-refractivity contribution is 0.0728. The topological polar surface area (TPSA) is 78.8 Å². The van der Waals surface area contributed by atoms with Crippen molar-refractivity contribution in [2.75, 3.05) is 0 Å². The van der Waals surface area contributed by atoms with Crippen molar-refractivity contribution in [1.82, 2.24) is 10.2 Å². The monoisotopic (exact) mass is 213 g/mol. The van der Waals surface area contributed by atoms with Gasteiger partial charge in [0.2, 0.25) is 0 Å². The van der Waals surface area contributed by atoms with Gasteiger partial charge in [-0.25, -0.2) is 4.79 Å². The van der Waals surface area contributed by atoms with Crippen LogP contribution in [-0.4, -0.2) is 16.2 Å². The van der Waals surface area contributed by atoms with Gasteiger partial charge in [0.25, 0.3) is 0 Å². The average molecular weight is 213 g/mol. The van der Waals surface area contributed by atoms with Crippen molar-refractivity contribution in [2.24, 2.45) is 0 Å². The number of aromatic nitrogens is 2. The largest absolute Gasteiger partial charge is 0.422 e. The number of aromatic amines is 1. The van der Waals surface area contributed by atoms with Crippen molar-refractivity contribution in [1.29, 1.82) is 5.26 Å². The maximum Gasteiger partial charge on any atom is 0.361 e. The van der Waals surface area contributed by atoms with Gasteiger partial charge in [0.05, 0.1) is 11.6 Å². The fourth-order valence-corrected chi connectivity index (χ4v) is 1.16. The number of carbonyl (C=O) groups excluding carboxylic acids is 1. The Kier molecular flexibility index (Phi) is 2.65. The second-order valence-electron chi connectivity index (χ2n) is 3.00. The van der Waals surface area contributed by atoms with E-state index >= 15 is 0 Å². The second kappa shape index (κ2) is 4.28. The third-order valence-corrected chi connectivity index (χ3v) is 1.89. The first kappa shape index (κ1) is 9.93. The molecule has 0 radical (unpaired) electrons. The van der Waals surface area contributed by atoms with Gasteiger partial charge in [-0.3, -0.25) is 5.10 Å². The highest BCUT2D eigenvalue weighted by atomic mass is 16.5. The van der Waals surface area contributed by atoms with Gasteiger partial charge in [0.1, 0.15) is 11.4 Å². The summed E-state index contributed by atoms with van der Waals surface area (Å²) in [4.78, 5) is 11.5. The molecular weight excluding hydrogens is 206 g/mol. The van der Waals surface area contributed by atoms with E-state index in [1.54, 1.807) is 18.2 Å². The highest BCUT2D eigenvalue weighted by Gasteiger charge is 2.09. The van der Waals surface area contributed by atoms with Gasteiger partial charge in [-0.05, 0) is 24.3 Å². The third-order valence-electron chi connectivity index (χ3n) is 1.89. The standard InChI is InChI=1S/C11H7N3O2/c12-7-8-2-1-3-9(6-8)16-11(15)10-4-5-13-14-10/h1-6H,(H,13,14). The Morgan fingerprint density at radius 1 is 1.44 bits per heavy atom. The van der Waals surface area contributed by atoms with Crippen LogP contribution in [0.15, 0.2) is 36.5 Å². The number of benzene rings is 1. The molecule has 0 amide bonds. The molecule has 1 heterocycles. The molecule has 0 spiro atoms. The first-order valence-corrected chi connectivity index (χ1v) is 4.51. The van der Waals surface area contributed by atoms with Crippen LogP contribution in [0.5, 0.6) is 5.75 Å². The van der Waals surface area contributed by atoms with Gasteiger partial charge < -0.3 is 4.74 Å². The predicted octanol–water partition coefficient (Wildman–Crippen LogP) is 1.50. The van der Waals surface area contributed by atoms with Crippen molar-refractivity contribution < 1.29 is 9.53 Å². The highest BCUT2D eigenvalue weighted by molar-refractivity contribution is 5.88. The van der Waals surface area contributed by atoms with Crippen LogP contribution in [-0.2, 0) is 0 Å². The molecular formula is C11H7N3O2. The lowest BCUT2D eigenvalue weighted by Gasteiger charge is -2.01. The van der Waals surface area contributed by atoms with Crippen LogP contribution < -0.4 is 4.74 Å². The highest BCUT2D eigenvalue weighted by Crippen LogP contribution is 2.13. The zero-order valence-electron chi connectivity index (χ0n) is 8.18. The molecule has 0 saturated carbocycles. The molecule has 5 heteroatoms. The van der Waals surface area contributed by atoms with E-state index in [4.69, 9.17) is 10.00 Å². The summed E-state index contributed by atoms with van der Waals surface area (Å²) >= 11 is 0. The van der Waals surface area contributed by atoms with Gasteiger partial charge in [0.15, 0.2) is 0 Å². The molecule has 2 rings (SSSR count). The summed E-state index contributed by atoms with van der Waals surface area (Å²) in [5, 5.41) is 14.8. The van der Waals surface area contributed by atoms with E-state index in [0.717, 1.165) is 0 Å². The Balaban J connectivity index is 2.16. The SMILES string of the molecule is N#Cc1cccc(OC(=O)c2ccn[nH]2)c1. The number of H-pyrrole nitrogens is 1. The van der Waals surface area contributed by atoms with Gasteiger partial charge in [-0.1, -0.05) is 6.07 Å². The van der Waals surface area contributed by atoms with Gasteiger partial charge in [-0.15, -0.1) is 0 Å². The molecule has 1 aromatic carbocycles. The van der Waals surface area contributed by atoms with Crippen LogP contribution in [0.3, 0.4) is 0 Å². The number of nitrogens with one attached hydrogen (secondary N) is 1. The number of hydrogen-bond acceptors (Lipinski definition) is 4. The first-order valence-electron chi connectivity index (χ1n) is 4.51. The molecule has 0 saturated heterocycles. The van der Waals surface area contributed by atoms with Crippen LogP contribution >= 0.6 is 0 Å². The summed E-state index contributed by atoms with van der Waals surface area (Å²) in [6, 6.07) is 9.85. The van der Waals surface area contributed by atoms with Crippen molar-refractivity contribution in [3.05, 3.63) is 47.8 Å². The maximum atomic E-state index is 11.5. The van der Waals surface area contributed by atoms with Crippen molar-refractivity contribution in [3.63, 3.8) is 0 Å². The van der Waals surface area contributed by atoms with Crippen LogP contribution in [0.2, 0.25) is 0 Å². The van der Waals surface area contributed by atoms with Crippen molar-refractivity contribution in [2.45, 2.75) is 0 Å². The van der Waals surface area contributed by atoms with Crippen LogP contribution in [0, 0.1) is 11.3 Å². The van der Waals surface area contributed by atoms with Crippen LogP contribution in [0.4, 0.5) is 0 Å². The van der Waals surface area contributed by atoms with Gasteiger partial charge in [-0.2, -0.15) is 10.4 Å². The molecule has 0 atom stereocenters. The summed E-state index contributed by atoms with van der Waals surface area (Å²) in [5.74, 6) is -0.203. The lowest BCUT2D eigenvalue weighted by Crippen LogP contribution is -2.08. The molecule has 2 aromatic rings. The van der Waals surface area contributed by atoms with Crippen molar-refractivity contribution in [3.8, 4) is 11.8 Å². The number of hydrogen-bond donors (Lipinski definition) is 1. The number of nitrogens with zero attached hydrogens (tertiary/aromatic N) is 2. The predicted molar refractivity (Wildman–Crippen MR) is 54.7 cm³/mol. The fourth-order valence-electron chi connectivity index (χ4n) is 1.16. The zero-order valence-corrected chi connectivity index (χ0v) is 8.18. The molecule has 0 aliphatic rings. The quantitative estimate of drug-likeness (QED) is 0.605. The molecule has 0 bridgehead atoms. The number of ether oxygens (including phenoxy) is 1. The molecule has 5 nitrogen and oxygen atoms in total. The Labute approximate surface area is 91.3 Å². The van der Waals surface area contributed by atoms with E-state index < -0.39 is 5.97 Å². The maximum absolute atomic E-state index is 11.5. The number of carbonyl (C=O) groups is 1. The molecule has 0 aliphatic carbocycles. The lowest BCUT2D eigenvalue weighted by atomic mass is 10.2. The number of rotatable bonds is 2. The zero-order chi connectivity index (χ0) is 11.4. The molecule has 16 heavy (non-hydrogen) atoms. The van der Waals surface area contributed by atoms with Crippen LogP contribution in [0.25, 0.3) is 0 Å². The molecule has 0 unspecified atom stereocenters. The van der Waals surface area contributed by atoms with E-state index in [-0.39, 0.29) is 5.69 Å². The fraction of sp³-hybridized carbons (Fsp3) is 0. The Morgan fingerprint density at radius 2 is 2.31 bits per heavy atom. The van der Waals surface area contributed by atoms with E-state index in [0.29, 0.717) is 11.3 Å². The van der Waals surface area contributed by atoms with Crippen molar-refractivity contribution >= 4 is 5.97 Å². The van der Waals surface area contributed by atoms with E-state index in [1.165, 1.54) is 18.3 Å². The Morgan fingerprint density at radius 3 is 3.00 bits per heavy atom. The molecule has 1 N–H and O–H groups in total. The Bertz CT molecular complexity index is 541. The minimum atomic E-state index is -0.535. The van der Waals surface area contributed by atoms with Crippen LogP contribution in [0.1, 0.15) is 16.1 Å².